The predicted molar refractivity (Wildman–Crippen MR) is 117 cm³/mol. The van der Waals surface area contributed by atoms with Crippen LogP contribution in [0, 0.1) is 0 Å². The molecule has 4 heteroatoms. The summed E-state index contributed by atoms with van der Waals surface area (Å²) in [6, 6.07) is 23.0. The quantitative estimate of drug-likeness (QED) is 0.639. The minimum absolute atomic E-state index is 0.00482. The Bertz CT molecular complexity index is 967. The highest BCUT2D eigenvalue weighted by atomic mass is 16.2. The molecule has 0 unspecified atom stereocenters. The van der Waals surface area contributed by atoms with Gasteiger partial charge in [-0.05, 0) is 49.1 Å². The van der Waals surface area contributed by atoms with E-state index >= 15 is 0 Å². The van der Waals surface area contributed by atoms with Crippen LogP contribution < -0.4 is 4.90 Å². The Hall–Kier alpha value is -3.14. The summed E-state index contributed by atoms with van der Waals surface area (Å²) in [5.41, 5.74) is 5.38. The van der Waals surface area contributed by atoms with Gasteiger partial charge in [0.05, 0.1) is 11.9 Å². The van der Waals surface area contributed by atoms with Gasteiger partial charge in [0.2, 0.25) is 0 Å². The van der Waals surface area contributed by atoms with Gasteiger partial charge in [0.15, 0.2) is 0 Å². The molecular formula is C25H27N3O. The number of aromatic nitrogens is 1. The zero-order valence-corrected chi connectivity index (χ0v) is 17.1. The van der Waals surface area contributed by atoms with Crippen molar-refractivity contribution in [1.29, 1.82) is 0 Å². The molecule has 0 N–H and O–H groups in total. The smallest absolute Gasteiger partial charge is 0.272 e. The molecule has 0 bridgehead atoms. The minimum Gasteiger partial charge on any atom is -0.364 e. The van der Waals surface area contributed by atoms with Crippen molar-refractivity contribution in [3.63, 3.8) is 0 Å². The molecule has 4 nitrogen and oxygen atoms in total. The fourth-order valence-corrected chi connectivity index (χ4v) is 3.87. The third kappa shape index (κ3) is 4.32. The number of carbonyl (C=O) groups excluding carboxylic acids is 1. The molecule has 1 aliphatic heterocycles. The van der Waals surface area contributed by atoms with Gasteiger partial charge in [-0.3, -0.25) is 4.79 Å². The summed E-state index contributed by atoms with van der Waals surface area (Å²) in [5.74, 6) is 0.00482. The summed E-state index contributed by atoms with van der Waals surface area (Å²) in [7, 11) is 0. The molecule has 0 aliphatic carbocycles. The Morgan fingerprint density at radius 1 is 1.00 bits per heavy atom. The molecule has 1 aromatic heterocycles. The van der Waals surface area contributed by atoms with Crippen molar-refractivity contribution in [1.82, 2.24) is 9.88 Å². The number of hydrogen-bond acceptors (Lipinski definition) is 3. The number of hydrogen-bond donors (Lipinski definition) is 0. The molecule has 1 aliphatic rings. The van der Waals surface area contributed by atoms with Crippen LogP contribution in [0.1, 0.15) is 41.0 Å². The van der Waals surface area contributed by atoms with E-state index in [0.717, 1.165) is 25.2 Å². The number of nitrogens with zero attached hydrogens (tertiary/aromatic N) is 3. The van der Waals surface area contributed by atoms with Gasteiger partial charge in [0.1, 0.15) is 5.69 Å². The molecule has 0 spiro atoms. The average molecular weight is 386 g/mol. The lowest BCUT2D eigenvalue weighted by atomic mass is 10.00. The summed E-state index contributed by atoms with van der Waals surface area (Å²) in [6.07, 6.45) is 2.73. The highest BCUT2D eigenvalue weighted by Gasteiger charge is 2.22. The van der Waals surface area contributed by atoms with Crippen LogP contribution in [-0.2, 0) is 19.5 Å². The van der Waals surface area contributed by atoms with Crippen molar-refractivity contribution in [2.24, 2.45) is 0 Å². The van der Waals surface area contributed by atoms with Crippen molar-refractivity contribution in [2.75, 3.05) is 11.4 Å². The third-order valence-corrected chi connectivity index (χ3v) is 5.54. The number of pyridine rings is 1. The lowest BCUT2D eigenvalue weighted by molar-refractivity contribution is 0.0729. The molecule has 0 saturated heterocycles. The summed E-state index contributed by atoms with van der Waals surface area (Å²) >= 11 is 0. The highest BCUT2D eigenvalue weighted by Crippen LogP contribution is 2.22. The van der Waals surface area contributed by atoms with E-state index in [0.29, 0.717) is 18.3 Å². The van der Waals surface area contributed by atoms with Crippen LogP contribution in [0.25, 0.3) is 0 Å². The maximum Gasteiger partial charge on any atom is 0.272 e. The Morgan fingerprint density at radius 2 is 1.72 bits per heavy atom. The maximum atomic E-state index is 13.0. The van der Waals surface area contributed by atoms with Crippen LogP contribution in [0.5, 0.6) is 0 Å². The standard InChI is InChI=1S/C25H27N3O/c1-19(2)28(17-20-8-4-3-5-9-20)23-12-13-24(26-16-23)25(29)27-15-14-21-10-6-7-11-22(21)18-27/h3-13,16,19H,14-15,17-18H2,1-2H3. The largest absolute Gasteiger partial charge is 0.364 e. The Morgan fingerprint density at radius 3 is 2.41 bits per heavy atom. The Balaban J connectivity index is 1.49. The molecule has 29 heavy (non-hydrogen) atoms. The fraction of sp³-hybridized carbons (Fsp3) is 0.280. The van der Waals surface area contributed by atoms with Crippen molar-refractivity contribution in [3.05, 3.63) is 95.3 Å². The van der Waals surface area contributed by atoms with E-state index in [4.69, 9.17) is 0 Å². The third-order valence-electron chi connectivity index (χ3n) is 5.54. The van der Waals surface area contributed by atoms with E-state index in [2.05, 4.69) is 66.2 Å². The van der Waals surface area contributed by atoms with Crippen LogP contribution in [0.2, 0.25) is 0 Å². The molecule has 148 valence electrons. The van der Waals surface area contributed by atoms with Crippen LogP contribution in [0.4, 0.5) is 5.69 Å². The zero-order chi connectivity index (χ0) is 20.2. The van der Waals surface area contributed by atoms with E-state index in [1.807, 2.05) is 35.4 Å². The van der Waals surface area contributed by atoms with Crippen LogP contribution >= 0.6 is 0 Å². The normalized spacial score (nSPS) is 13.3. The first-order chi connectivity index (χ1) is 14.1. The summed E-state index contributed by atoms with van der Waals surface area (Å²) < 4.78 is 0. The van der Waals surface area contributed by atoms with Gasteiger partial charge in [-0.2, -0.15) is 0 Å². The second-order valence-electron chi connectivity index (χ2n) is 7.85. The minimum atomic E-state index is 0.00482. The Labute approximate surface area is 172 Å². The second-order valence-corrected chi connectivity index (χ2v) is 7.85. The number of anilines is 1. The van der Waals surface area contributed by atoms with E-state index in [-0.39, 0.29) is 5.91 Å². The van der Waals surface area contributed by atoms with Crippen LogP contribution in [-0.4, -0.2) is 28.4 Å². The van der Waals surface area contributed by atoms with Gasteiger partial charge in [-0.1, -0.05) is 54.6 Å². The Kier molecular flexibility index (Phi) is 5.61. The molecule has 2 heterocycles. The van der Waals surface area contributed by atoms with E-state index < -0.39 is 0 Å². The number of fused-ring (bicyclic) bond motifs is 1. The maximum absolute atomic E-state index is 13.0. The first kappa shape index (κ1) is 19.2. The van der Waals surface area contributed by atoms with E-state index in [9.17, 15) is 4.79 Å². The van der Waals surface area contributed by atoms with Gasteiger partial charge in [-0.25, -0.2) is 4.98 Å². The molecular weight excluding hydrogens is 358 g/mol. The fourth-order valence-electron chi connectivity index (χ4n) is 3.87. The molecule has 0 atom stereocenters. The highest BCUT2D eigenvalue weighted by molar-refractivity contribution is 5.92. The lowest BCUT2D eigenvalue weighted by Gasteiger charge is -2.30. The molecule has 2 aromatic carbocycles. The number of benzene rings is 2. The summed E-state index contributed by atoms with van der Waals surface area (Å²) in [6.45, 7) is 6.56. The second kappa shape index (κ2) is 8.48. The topological polar surface area (TPSA) is 36.4 Å². The van der Waals surface area contributed by atoms with Gasteiger partial charge in [0, 0.05) is 25.7 Å². The molecule has 1 amide bonds. The zero-order valence-electron chi connectivity index (χ0n) is 17.1. The number of rotatable bonds is 5. The lowest BCUT2D eigenvalue weighted by Crippen LogP contribution is -2.36. The molecule has 0 radical (unpaired) electrons. The SMILES string of the molecule is CC(C)N(Cc1ccccc1)c1ccc(C(=O)N2CCc3ccccc3C2)nc1. The molecule has 4 rings (SSSR count). The van der Waals surface area contributed by atoms with Crippen molar-refractivity contribution in [2.45, 2.75) is 39.4 Å². The first-order valence-corrected chi connectivity index (χ1v) is 10.2. The number of carbonyl (C=O) groups is 1. The van der Waals surface area contributed by atoms with Gasteiger partial charge in [0.25, 0.3) is 5.91 Å². The number of amides is 1. The van der Waals surface area contributed by atoms with E-state index in [1.165, 1.54) is 16.7 Å². The van der Waals surface area contributed by atoms with Crippen molar-refractivity contribution < 1.29 is 4.79 Å². The van der Waals surface area contributed by atoms with Gasteiger partial charge >= 0.3 is 0 Å². The van der Waals surface area contributed by atoms with Crippen molar-refractivity contribution in [3.8, 4) is 0 Å². The predicted octanol–water partition coefficient (Wildman–Crippen LogP) is 4.70. The summed E-state index contributed by atoms with van der Waals surface area (Å²) in [4.78, 5) is 21.7. The first-order valence-electron chi connectivity index (χ1n) is 10.2. The molecule has 0 fully saturated rings. The molecule has 3 aromatic rings. The summed E-state index contributed by atoms with van der Waals surface area (Å²) in [5, 5.41) is 0. The van der Waals surface area contributed by atoms with Crippen LogP contribution in [0.15, 0.2) is 72.9 Å². The van der Waals surface area contributed by atoms with Crippen molar-refractivity contribution >= 4 is 11.6 Å². The van der Waals surface area contributed by atoms with Gasteiger partial charge in [-0.15, -0.1) is 0 Å². The van der Waals surface area contributed by atoms with E-state index in [1.54, 1.807) is 0 Å². The van der Waals surface area contributed by atoms with Gasteiger partial charge < -0.3 is 9.80 Å². The average Bonchev–Trinajstić information content (AvgIpc) is 2.77. The monoisotopic (exact) mass is 385 g/mol. The molecule has 0 saturated carbocycles. The van der Waals surface area contributed by atoms with Crippen LogP contribution in [0.3, 0.4) is 0 Å².